The van der Waals surface area contributed by atoms with E-state index in [2.05, 4.69) is 42.7 Å². The Kier molecular flexibility index (Phi) is 30.9. The maximum absolute atomic E-state index is 11.3. The quantitative estimate of drug-likeness (QED) is 0.106. The second-order valence-corrected chi connectivity index (χ2v) is 8.75. The first kappa shape index (κ1) is 43.2. The summed E-state index contributed by atoms with van der Waals surface area (Å²) in [6.45, 7) is 21.9. The highest BCUT2D eigenvalue weighted by atomic mass is 16.5. The molecule has 0 heterocycles. The number of unbranched alkanes of at least 4 members (excludes halogenated alkanes) is 2. The maximum atomic E-state index is 11.3. The summed E-state index contributed by atoms with van der Waals surface area (Å²) in [5, 5.41) is 8.50. The number of ether oxygens (including phenoxy) is 4. The average Bonchev–Trinajstić information content (AvgIpc) is 3.00. The Balaban J connectivity index is -0.000000531. The zero-order valence-electron chi connectivity index (χ0n) is 26.5. The second-order valence-electron chi connectivity index (χ2n) is 8.75. The smallest absolute Gasteiger partial charge is 0.333 e. The highest BCUT2D eigenvalue weighted by molar-refractivity contribution is 5.88. The molecule has 0 aliphatic carbocycles. The third-order valence-electron chi connectivity index (χ3n) is 4.61. The SMILES string of the molecule is C=C(C)C(=O)OC.C=C(C)C(=O)OCCCC.C=C(CC=Cc1ccccc1)C(=O)OCCO.C=CC(=O)OCCCC. The standard InChI is InChI=1S/C14H16O3.C8H14O2.C7H12O2.C5H8O2/c1-12(14(16)17-11-10-15)6-5-9-13-7-3-2-4-8-13;1-4-5-6-10-8(9)7(2)3;1-3-5-6-9-7(8)4-2;1-4(2)5(6)7-3/h2-5,7-9,15H,1,6,10-11H2;2,4-6H2,1,3H3;4H,2-3,5-6H2,1H3;1H2,2-3H3. The molecule has 0 radical (unpaired) electrons. The van der Waals surface area contributed by atoms with E-state index >= 15 is 0 Å². The minimum Gasteiger partial charge on any atom is -0.466 e. The van der Waals surface area contributed by atoms with E-state index in [1.807, 2.05) is 49.4 Å². The van der Waals surface area contributed by atoms with E-state index < -0.39 is 5.97 Å². The molecule has 0 bridgehead atoms. The Labute approximate surface area is 257 Å². The van der Waals surface area contributed by atoms with Gasteiger partial charge in [-0.1, -0.05) is 95.5 Å². The largest absolute Gasteiger partial charge is 0.466 e. The fourth-order valence-electron chi connectivity index (χ4n) is 2.21. The van der Waals surface area contributed by atoms with Crippen LogP contribution in [-0.4, -0.2) is 62.5 Å². The highest BCUT2D eigenvalue weighted by Gasteiger charge is 2.05. The van der Waals surface area contributed by atoms with Crippen molar-refractivity contribution in [2.45, 2.75) is 59.8 Å². The van der Waals surface area contributed by atoms with Crippen LogP contribution in [0.2, 0.25) is 0 Å². The van der Waals surface area contributed by atoms with Gasteiger partial charge in [-0.3, -0.25) is 0 Å². The van der Waals surface area contributed by atoms with Gasteiger partial charge in [0.2, 0.25) is 0 Å². The molecule has 0 spiro atoms. The Morgan fingerprint density at radius 1 is 0.791 bits per heavy atom. The molecule has 0 aromatic heterocycles. The first-order valence-electron chi connectivity index (χ1n) is 13.9. The molecule has 240 valence electrons. The number of hydrogen-bond acceptors (Lipinski definition) is 9. The van der Waals surface area contributed by atoms with Crippen LogP contribution in [0.3, 0.4) is 0 Å². The van der Waals surface area contributed by atoms with Gasteiger partial charge in [0.05, 0.1) is 26.9 Å². The predicted molar refractivity (Wildman–Crippen MR) is 171 cm³/mol. The molecule has 0 aliphatic rings. The number of aliphatic hydroxyl groups is 1. The zero-order valence-corrected chi connectivity index (χ0v) is 26.5. The van der Waals surface area contributed by atoms with Gasteiger partial charge in [-0.05, 0) is 38.7 Å². The number of rotatable bonds is 15. The molecule has 0 aliphatic heterocycles. The molecule has 9 nitrogen and oxygen atoms in total. The van der Waals surface area contributed by atoms with E-state index in [4.69, 9.17) is 14.6 Å². The van der Waals surface area contributed by atoms with Crippen LogP contribution in [0.25, 0.3) is 6.08 Å². The van der Waals surface area contributed by atoms with Crippen molar-refractivity contribution in [3.8, 4) is 0 Å². The van der Waals surface area contributed by atoms with Crippen LogP contribution < -0.4 is 0 Å². The minimum atomic E-state index is -0.461. The Hall–Kier alpha value is -4.24. The normalized spacial score (nSPS) is 9.26. The Morgan fingerprint density at radius 3 is 1.72 bits per heavy atom. The molecule has 0 fully saturated rings. The van der Waals surface area contributed by atoms with Crippen LogP contribution in [0.15, 0.2) is 85.5 Å². The molecule has 1 N–H and O–H groups in total. The number of hydrogen-bond donors (Lipinski definition) is 1. The van der Waals surface area contributed by atoms with E-state index in [0.29, 0.717) is 36.4 Å². The van der Waals surface area contributed by atoms with E-state index in [9.17, 15) is 19.2 Å². The first-order valence-corrected chi connectivity index (χ1v) is 13.9. The van der Waals surface area contributed by atoms with Gasteiger partial charge in [0.1, 0.15) is 6.61 Å². The first-order chi connectivity index (χ1) is 20.4. The van der Waals surface area contributed by atoms with Crippen molar-refractivity contribution in [2.24, 2.45) is 0 Å². The van der Waals surface area contributed by atoms with Gasteiger partial charge in [-0.15, -0.1) is 0 Å². The van der Waals surface area contributed by atoms with E-state index in [0.717, 1.165) is 31.2 Å². The lowest BCUT2D eigenvalue weighted by Crippen LogP contribution is -2.09. The van der Waals surface area contributed by atoms with Crippen molar-refractivity contribution in [2.75, 3.05) is 33.5 Å². The van der Waals surface area contributed by atoms with Crippen LogP contribution in [-0.2, 0) is 38.1 Å². The summed E-state index contributed by atoms with van der Waals surface area (Å²) in [5.41, 5.74) is 2.35. The van der Waals surface area contributed by atoms with Crippen molar-refractivity contribution >= 4 is 30.0 Å². The van der Waals surface area contributed by atoms with Gasteiger partial charge in [0.25, 0.3) is 0 Å². The van der Waals surface area contributed by atoms with E-state index in [1.54, 1.807) is 13.8 Å². The zero-order chi connectivity index (χ0) is 33.5. The number of esters is 4. The second kappa shape index (κ2) is 30.7. The molecule has 0 amide bonds. The maximum Gasteiger partial charge on any atom is 0.333 e. The molecule has 0 saturated heterocycles. The average molecular weight is 603 g/mol. The van der Waals surface area contributed by atoms with Gasteiger partial charge in [0, 0.05) is 22.8 Å². The van der Waals surface area contributed by atoms with Gasteiger partial charge < -0.3 is 24.1 Å². The van der Waals surface area contributed by atoms with Crippen molar-refractivity contribution in [3.05, 3.63) is 91.1 Å². The van der Waals surface area contributed by atoms with Crippen LogP contribution in [0.5, 0.6) is 0 Å². The predicted octanol–water partition coefficient (Wildman–Crippen LogP) is 6.34. The monoisotopic (exact) mass is 602 g/mol. The summed E-state index contributed by atoms with van der Waals surface area (Å²) in [4.78, 5) is 42.5. The molecule has 1 aromatic rings. The summed E-state index contributed by atoms with van der Waals surface area (Å²) < 4.78 is 18.5. The Bertz CT molecular complexity index is 1010. The fourth-order valence-corrected chi connectivity index (χ4v) is 2.21. The molecule has 0 unspecified atom stereocenters. The van der Waals surface area contributed by atoms with Crippen LogP contribution in [0.1, 0.15) is 65.4 Å². The topological polar surface area (TPSA) is 125 Å². The van der Waals surface area contributed by atoms with Gasteiger partial charge >= 0.3 is 23.9 Å². The van der Waals surface area contributed by atoms with Crippen LogP contribution in [0.4, 0.5) is 0 Å². The summed E-state index contributed by atoms with van der Waals surface area (Å²) in [5.74, 6) is -1.42. The number of benzene rings is 1. The van der Waals surface area contributed by atoms with Crippen LogP contribution in [0, 0.1) is 0 Å². The molecule has 0 saturated carbocycles. The number of aliphatic hydroxyl groups excluding tert-OH is 1. The molecule has 0 atom stereocenters. The minimum absolute atomic E-state index is 0.0141. The van der Waals surface area contributed by atoms with E-state index in [-0.39, 0.29) is 31.1 Å². The number of carbonyl (C=O) groups is 4. The summed E-state index contributed by atoms with van der Waals surface area (Å²) in [7, 11) is 1.33. The van der Waals surface area contributed by atoms with Gasteiger partial charge in [-0.2, -0.15) is 0 Å². The van der Waals surface area contributed by atoms with Crippen molar-refractivity contribution in [3.63, 3.8) is 0 Å². The third kappa shape index (κ3) is 30.5. The molecular weight excluding hydrogens is 552 g/mol. The molecular formula is C34H50O9. The number of methoxy groups -OCH3 is 1. The highest BCUT2D eigenvalue weighted by Crippen LogP contribution is 2.06. The fraction of sp³-hybridized carbons (Fsp3) is 0.412. The molecule has 1 aromatic carbocycles. The van der Waals surface area contributed by atoms with Gasteiger partial charge in [0.15, 0.2) is 0 Å². The van der Waals surface area contributed by atoms with E-state index in [1.165, 1.54) is 13.2 Å². The molecule has 1 rings (SSSR count). The lowest BCUT2D eigenvalue weighted by molar-refractivity contribution is -0.140. The van der Waals surface area contributed by atoms with Crippen molar-refractivity contribution in [1.29, 1.82) is 0 Å². The Morgan fingerprint density at radius 2 is 1.30 bits per heavy atom. The summed E-state index contributed by atoms with van der Waals surface area (Å²) in [6.07, 6.45) is 9.35. The van der Waals surface area contributed by atoms with Crippen LogP contribution >= 0.6 is 0 Å². The summed E-state index contributed by atoms with van der Waals surface area (Å²) >= 11 is 0. The lowest BCUT2D eigenvalue weighted by Gasteiger charge is -2.02. The molecule has 9 heteroatoms. The molecule has 43 heavy (non-hydrogen) atoms. The van der Waals surface area contributed by atoms with Crippen molar-refractivity contribution in [1.82, 2.24) is 0 Å². The summed E-state index contributed by atoms with van der Waals surface area (Å²) in [6, 6.07) is 9.79. The number of allylic oxidation sites excluding steroid dienone is 1. The van der Waals surface area contributed by atoms with Gasteiger partial charge in [-0.25, -0.2) is 19.2 Å². The number of carbonyl (C=O) groups excluding carboxylic acids is 4. The van der Waals surface area contributed by atoms with Crippen molar-refractivity contribution < 1.29 is 43.2 Å². The third-order valence-corrected chi connectivity index (χ3v) is 4.61. The lowest BCUT2D eigenvalue weighted by atomic mass is 10.1.